The second kappa shape index (κ2) is 5.25. The maximum absolute atomic E-state index is 12.2. The highest BCUT2D eigenvalue weighted by atomic mass is 16.1. The maximum Gasteiger partial charge on any atom is 0.133 e. The Morgan fingerprint density at radius 1 is 1.29 bits per heavy atom. The molecule has 3 aliphatic rings. The number of carbonyl (C=O) groups is 1. The number of hydrogen-bond acceptors (Lipinski definition) is 1. The van der Waals surface area contributed by atoms with Crippen molar-refractivity contribution in [2.75, 3.05) is 0 Å². The van der Waals surface area contributed by atoms with Crippen LogP contribution in [0.3, 0.4) is 0 Å². The molecule has 0 heterocycles. The molecule has 3 saturated carbocycles. The quantitative estimate of drug-likeness (QED) is 0.631. The van der Waals surface area contributed by atoms with Crippen molar-refractivity contribution in [2.24, 2.45) is 40.9 Å². The average molecular weight is 288 g/mol. The summed E-state index contributed by atoms with van der Waals surface area (Å²) < 4.78 is 0. The van der Waals surface area contributed by atoms with Gasteiger partial charge in [-0.15, -0.1) is 0 Å². The van der Waals surface area contributed by atoms with Gasteiger partial charge in [-0.3, -0.25) is 4.79 Å². The van der Waals surface area contributed by atoms with Gasteiger partial charge in [-0.1, -0.05) is 39.8 Å². The van der Waals surface area contributed by atoms with Crippen molar-refractivity contribution in [1.82, 2.24) is 0 Å². The van der Waals surface area contributed by atoms with E-state index < -0.39 is 0 Å². The molecule has 3 aliphatic carbocycles. The molecule has 3 fully saturated rings. The molecule has 118 valence electrons. The van der Waals surface area contributed by atoms with Crippen LogP contribution in [0.1, 0.15) is 66.2 Å². The minimum Gasteiger partial charge on any atom is -0.300 e. The van der Waals surface area contributed by atoms with Crippen molar-refractivity contribution in [2.45, 2.75) is 66.2 Å². The zero-order valence-corrected chi connectivity index (χ0v) is 14.3. The van der Waals surface area contributed by atoms with Gasteiger partial charge < -0.3 is 0 Å². The second-order valence-corrected chi connectivity index (χ2v) is 8.88. The standard InChI is InChI=1S/C20H32O/c1-12(2)10-15(21)11-14(4)16-8-9-20(5)17-7-6-13(3)18(17)19(16)20/h12,14,16-19H,3,6-11H2,1-2,4-5H3/t14?,16-,17-,18+,19-,20+/m1/s1. The second-order valence-electron chi connectivity index (χ2n) is 8.88. The van der Waals surface area contributed by atoms with Crippen LogP contribution in [-0.2, 0) is 4.79 Å². The molecule has 1 nitrogen and oxygen atoms in total. The summed E-state index contributed by atoms with van der Waals surface area (Å²) in [6, 6.07) is 0. The molecule has 6 atom stereocenters. The molecule has 1 unspecified atom stereocenters. The van der Waals surface area contributed by atoms with Gasteiger partial charge in [0, 0.05) is 12.8 Å². The predicted molar refractivity (Wildman–Crippen MR) is 87.9 cm³/mol. The Kier molecular flexibility index (Phi) is 3.83. The summed E-state index contributed by atoms with van der Waals surface area (Å²) in [6.07, 6.45) is 6.94. The number of fused-ring (bicyclic) bond motifs is 4. The van der Waals surface area contributed by atoms with E-state index in [1.165, 1.54) is 31.3 Å². The van der Waals surface area contributed by atoms with Crippen molar-refractivity contribution in [3.05, 3.63) is 12.2 Å². The number of allylic oxidation sites excluding steroid dienone is 1. The van der Waals surface area contributed by atoms with Crippen molar-refractivity contribution < 1.29 is 4.79 Å². The highest BCUT2D eigenvalue weighted by Gasteiger charge is 2.66. The van der Waals surface area contributed by atoms with E-state index >= 15 is 0 Å². The number of ketones is 1. The smallest absolute Gasteiger partial charge is 0.133 e. The molecule has 0 aromatic carbocycles. The van der Waals surface area contributed by atoms with Crippen molar-refractivity contribution in [3.8, 4) is 0 Å². The Bertz CT molecular complexity index is 449. The monoisotopic (exact) mass is 288 g/mol. The number of rotatable bonds is 5. The first kappa shape index (κ1) is 15.3. The van der Waals surface area contributed by atoms with Crippen LogP contribution >= 0.6 is 0 Å². The van der Waals surface area contributed by atoms with E-state index in [-0.39, 0.29) is 0 Å². The molecule has 1 heteroatoms. The van der Waals surface area contributed by atoms with Crippen LogP contribution in [0.2, 0.25) is 0 Å². The maximum atomic E-state index is 12.2. The first-order valence-corrected chi connectivity index (χ1v) is 9.04. The summed E-state index contributed by atoms with van der Waals surface area (Å²) in [5.74, 6) is 4.86. The third-order valence-electron chi connectivity index (χ3n) is 7.07. The lowest BCUT2D eigenvalue weighted by Gasteiger charge is -2.57. The molecule has 3 rings (SSSR count). The summed E-state index contributed by atoms with van der Waals surface area (Å²) in [5, 5.41) is 0. The van der Waals surface area contributed by atoms with E-state index in [0.29, 0.717) is 23.0 Å². The molecule has 0 N–H and O–H groups in total. The zero-order chi connectivity index (χ0) is 15.4. The predicted octanol–water partition coefficient (Wildman–Crippen LogP) is 5.26. The molecule has 0 radical (unpaired) electrons. The van der Waals surface area contributed by atoms with Crippen LogP contribution in [0.4, 0.5) is 0 Å². The van der Waals surface area contributed by atoms with E-state index in [9.17, 15) is 4.79 Å². The normalized spacial score (nSPS) is 42.6. The third kappa shape index (κ3) is 2.32. The molecule has 0 aromatic heterocycles. The number of carbonyl (C=O) groups excluding carboxylic acids is 1. The van der Waals surface area contributed by atoms with E-state index in [1.54, 1.807) is 0 Å². The van der Waals surface area contributed by atoms with Gasteiger partial charge >= 0.3 is 0 Å². The molecule has 0 amide bonds. The fourth-order valence-corrected chi connectivity index (χ4v) is 6.21. The Hall–Kier alpha value is -0.590. The minimum atomic E-state index is 0.479. The summed E-state index contributed by atoms with van der Waals surface area (Å²) in [4.78, 5) is 12.2. The topological polar surface area (TPSA) is 17.1 Å². The fourth-order valence-electron chi connectivity index (χ4n) is 6.21. The summed E-state index contributed by atoms with van der Waals surface area (Å²) in [5.41, 5.74) is 2.10. The molecule has 21 heavy (non-hydrogen) atoms. The van der Waals surface area contributed by atoms with Gasteiger partial charge in [-0.05, 0) is 66.6 Å². The first-order valence-electron chi connectivity index (χ1n) is 9.04. The molecule has 0 spiro atoms. The van der Waals surface area contributed by atoms with E-state index in [0.717, 1.165) is 36.5 Å². The fraction of sp³-hybridized carbons (Fsp3) is 0.850. The SMILES string of the molecule is C=C1CC[C@@H]2[C@H]1[C@H]1[C@@H](C(C)CC(=O)CC(C)C)CC[C@]12C. The summed E-state index contributed by atoms with van der Waals surface area (Å²) >= 11 is 0. The van der Waals surface area contributed by atoms with Gasteiger partial charge in [-0.25, -0.2) is 0 Å². The van der Waals surface area contributed by atoms with Crippen molar-refractivity contribution in [1.29, 1.82) is 0 Å². The lowest BCUT2D eigenvalue weighted by Crippen LogP contribution is -2.52. The van der Waals surface area contributed by atoms with Gasteiger partial charge in [-0.2, -0.15) is 0 Å². The number of hydrogen-bond donors (Lipinski definition) is 0. The average Bonchev–Trinajstić information content (AvgIpc) is 2.84. The first-order chi connectivity index (χ1) is 9.84. The van der Waals surface area contributed by atoms with Gasteiger partial charge in [0.15, 0.2) is 0 Å². The molecular formula is C20H32O. The minimum absolute atomic E-state index is 0.479. The molecule has 0 aliphatic heterocycles. The molecule has 0 bridgehead atoms. The van der Waals surface area contributed by atoms with E-state index in [1.807, 2.05) is 0 Å². The van der Waals surface area contributed by atoms with Gasteiger partial charge in [0.1, 0.15) is 5.78 Å². The highest BCUT2D eigenvalue weighted by Crippen LogP contribution is 2.73. The van der Waals surface area contributed by atoms with Crippen molar-refractivity contribution >= 4 is 5.78 Å². The lowest BCUT2D eigenvalue weighted by molar-refractivity contribution is -0.122. The Morgan fingerprint density at radius 2 is 2.00 bits per heavy atom. The van der Waals surface area contributed by atoms with Crippen LogP contribution in [0.5, 0.6) is 0 Å². The molecular weight excluding hydrogens is 256 g/mol. The highest BCUT2D eigenvalue weighted by molar-refractivity contribution is 5.78. The zero-order valence-electron chi connectivity index (χ0n) is 14.3. The summed E-state index contributed by atoms with van der Waals surface area (Å²) in [7, 11) is 0. The largest absolute Gasteiger partial charge is 0.300 e. The Labute approximate surface area is 130 Å². The van der Waals surface area contributed by atoms with Gasteiger partial charge in [0.05, 0.1) is 0 Å². The van der Waals surface area contributed by atoms with Gasteiger partial charge in [0.25, 0.3) is 0 Å². The third-order valence-corrected chi connectivity index (χ3v) is 7.07. The van der Waals surface area contributed by atoms with Crippen LogP contribution in [0.25, 0.3) is 0 Å². The number of Topliss-reactive ketones (excluding diaryl/α,β-unsaturated/α-hetero) is 1. The Balaban J connectivity index is 1.67. The molecule has 0 aromatic rings. The van der Waals surface area contributed by atoms with Crippen LogP contribution in [-0.4, -0.2) is 5.78 Å². The van der Waals surface area contributed by atoms with Gasteiger partial charge in [0.2, 0.25) is 0 Å². The van der Waals surface area contributed by atoms with Crippen molar-refractivity contribution in [3.63, 3.8) is 0 Å². The van der Waals surface area contributed by atoms with E-state index in [4.69, 9.17) is 0 Å². The van der Waals surface area contributed by atoms with E-state index in [2.05, 4.69) is 34.3 Å². The van der Waals surface area contributed by atoms with Crippen LogP contribution in [0, 0.1) is 40.9 Å². The van der Waals surface area contributed by atoms with Crippen LogP contribution < -0.4 is 0 Å². The van der Waals surface area contributed by atoms with Crippen LogP contribution in [0.15, 0.2) is 12.2 Å². The lowest BCUT2D eigenvalue weighted by atomic mass is 9.47. The molecule has 0 saturated heterocycles. The Morgan fingerprint density at radius 3 is 2.67 bits per heavy atom. The summed E-state index contributed by atoms with van der Waals surface area (Å²) in [6.45, 7) is 13.5.